The number of methoxy groups -OCH3 is 1. The first-order chi connectivity index (χ1) is 10.4. The first kappa shape index (κ1) is 16.3. The summed E-state index contributed by atoms with van der Waals surface area (Å²) in [5.41, 5.74) is 1.98. The predicted molar refractivity (Wildman–Crippen MR) is 81.0 cm³/mol. The van der Waals surface area contributed by atoms with E-state index in [0.29, 0.717) is 28.9 Å². The zero-order valence-corrected chi connectivity index (χ0v) is 13.5. The lowest BCUT2D eigenvalue weighted by Gasteiger charge is -2.21. The third-order valence-electron chi connectivity index (χ3n) is 4.03. The van der Waals surface area contributed by atoms with Crippen LogP contribution < -0.4 is 0 Å². The Labute approximate surface area is 129 Å². The smallest absolute Gasteiger partial charge is 0.354 e. The van der Waals surface area contributed by atoms with E-state index in [-0.39, 0.29) is 24.3 Å². The third-order valence-corrected chi connectivity index (χ3v) is 4.03. The minimum atomic E-state index is -0.497. The third kappa shape index (κ3) is 3.05. The Morgan fingerprint density at radius 2 is 1.91 bits per heavy atom. The average molecular weight is 306 g/mol. The second-order valence-corrected chi connectivity index (χ2v) is 5.65. The number of aromatic nitrogens is 1. The van der Waals surface area contributed by atoms with E-state index in [0.717, 1.165) is 12.8 Å². The molecule has 22 heavy (non-hydrogen) atoms. The lowest BCUT2D eigenvalue weighted by Crippen LogP contribution is -2.37. The molecule has 0 saturated heterocycles. The SMILES string of the molecule is CCC(=O)N(CC(=O)c1c(C)[nH]c(C(=O)OC)c1C)C1CC1. The summed E-state index contributed by atoms with van der Waals surface area (Å²) in [7, 11) is 1.30. The summed E-state index contributed by atoms with van der Waals surface area (Å²) in [6.45, 7) is 5.32. The van der Waals surface area contributed by atoms with Crippen molar-refractivity contribution in [3.05, 3.63) is 22.5 Å². The van der Waals surface area contributed by atoms with Crippen molar-refractivity contribution < 1.29 is 19.1 Å². The Hall–Kier alpha value is -2.11. The summed E-state index contributed by atoms with van der Waals surface area (Å²) in [6.07, 6.45) is 2.30. The van der Waals surface area contributed by atoms with Crippen LogP contribution in [0.3, 0.4) is 0 Å². The topological polar surface area (TPSA) is 79.5 Å². The normalized spacial score (nSPS) is 13.8. The van der Waals surface area contributed by atoms with Crippen LogP contribution in [-0.2, 0) is 9.53 Å². The van der Waals surface area contributed by atoms with E-state index in [1.807, 2.05) is 0 Å². The Morgan fingerprint density at radius 3 is 2.41 bits per heavy atom. The van der Waals surface area contributed by atoms with Crippen LogP contribution in [0.25, 0.3) is 0 Å². The Morgan fingerprint density at radius 1 is 1.27 bits per heavy atom. The minimum Gasteiger partial charge on any atom is -0.464 e. The molecule has 0 unspecified atom stereocenters. The molecular weight excluding hydrogens is 284 g/mol. The maximum Gasteiger partial charge on any atom is 0.354 e. The van der Waals surface area contributed by atoms with Crippen LogP contribution in [0.1, 0.15) is 58.3 Å². The van der Waals surface area contributed by atoms with Gasteiger partial charge in [0.05, 0.1) is 13.7 Å². The summed E-state index contributed by atoms with van der Waals surface area (Å²) < 4.78 is 4.70. The lowest BCUT2D eigenvalue weighted by atomic mass is 10.0. The molecule has 1 saturated carbocycles. The second-order valence-electron chi connectivity index (χ2n) is 5.65. The molecular formula is C16H22N2O4. The van der Waals surface area contributed by atoms with Crippen LogP contribution >= 0.6 is 0 Å². The van der Waals surface area contributed by atoms with Gasteiger partial charge in [-0.25, -0.2) is 4.79 Å². The van der Waals surface area contributed by atoms with E-state index >= 15 is 0 Å². The molecule has 6 heteroatoms. The molecule has 0 bridgehead atoms. The first-order valence-corrected chi connectivity index (χ1v) is 7.50. The Kier molecular flexibility index (Phi) is 4.68. The molecule has 2 rings (SSSR count). The maximum atomic E-state index is 12.6. The number of nitrogens with zero attached hydrogens (tertiary/aromatic N) is 1. The van der Waals surface area contributed by atoms with Gasteiger partial charge in [0.15, 0.2) is 5.78 Å². The monoisotopic (exact) mass is 306 g/mol. The second kappa shape index (κ2) is 6.34. The zero-order chi connectivity index (χ0) is 16.4. The van der Waals surface area contributed by atoms with Gasteiger partial charge in [0.2, 0.25) is 5.91 Å². The average Bonchev–Trinajstić information content (AvgIpc) is 3.28. The van der Waals surface area contributed by atoms with Gasteiger partial charge in [-0.3, -0.25) is 9.59 Å². The molecule has 0 aliphatic heterocycles. The van der Waals surface area contributed by atoms with Crippen LogP contribution in [0, 0.1) is 13.8 Å². The molecule has 1 aliphatic rings. The highest BCUT2D eigenvalue weighted by Crippen LogP contribution is 2.28. The van der Waals surface area contributed by atoms with Crippen LogP contribution in [0.15, 0.2) is 0 Å². The number of aromatic amines is 1. The number of amides is 1. The number of carbonyl (C=O) groups is 3. The van der Waals surface area contributed by atoms with E-state index in [1.165, 1.54) is 7.11 Å². The van der Waals surface area contributed by atoms with Gasteiger partial charge in [-0.05, 0) is 32.3 Å². The summed E-state index contributed by atoms with van der Waals surface area (Å²) in [5, 5.41) is 0. The molecule has 1 amide bonds. The molecule has 0 spiro atoms. The number of carbonyl (C=O) groups excluding carboxylic acids is 3. The maximum absolute atomic E-state index is 12.6. The summed E-state index contributed by atoms with van der Waals surface area (Å²) in [5.74, 6) is -0.645. The van der Waals surface area contributed by atoms with E-state index in [2.05, 4.69) is 4.98 Å². The van der Waals surface area contributed by atoms with Crippen LogP contribution in [0.2, 0.25) is 0 Å². The molecule has 1 fully saturated rings. The van der Waals surface area contributed by atoms with E-state index < -0.39 is 5.97 Å². The fourth-order valence-corrected chi connectivity index (χ4v) is 2.72. The number of H-pyrrole nitrogens is 1. The van der Waals surface area contributed by atoms with Gasteiger partial charge >= 0.3 is 5.97 Å². The molecule has 1 aliphatic carbocycles. The lowest BCUT2D eigenvalue weighted by molar-refractivity contribution is -0.130. The van der Waals surface area contributed by atoms with Crippen molar-refractivity contribution in [2.45, 2.75) is 46.1 Å². The summed E-state index contributed by atoms with van der Waals surface area (Å²) >= 11 is 0. The van der Waals surface area contributed by atoms with Gasteiger partial charge in [-0.1, -0.05) is 6.92 Å². The largest absolute Gasteiger partial charge is 0.464 e. The number of nitrogens with one attached hydrogen (secondary N) is 1. The quantitative estimate of drug-likeness (QED) is 0.644. The fourth-order valence-electron chi connectivity index (χ4n) is 2.72. The number of Topliss-reactive ketones (excluding diaryl/α,β-unsaturated/α-hetero) is 1. The van der Waals surface area contributed by atoms with Crippen molar-refractivity contribution in [3.63, 3.8) is 0 Å². The molecule has 1 heterocycles. The van der Waals surface area contributed by atoms with Crippen molar-refractivity contribution in [2.75, 3.05) is 13.7 Å². The number of aryl methyl sites for hydroxylation is 1. The number of hydrogen-bond acceptors (Lipinski definition) is 4. The molecule has 6 nitrogen and oxygen atoms in total. The summed E-state index contributed by atoms with van der Waals surface area (Å²) in [4.78, 5) is 40.8. The highest BCUT2D eigenvalue weighted by atomic mass is 16.5. The van der Waals surface area contributed by atoms with E-state index in [4.69, 9.17) is 4.74 Å². The number of ketones is 1. The van der Waals surface area contributed by atoms with Crippen molar-refractivity contribution >= 4 is 17.7 Å². The number of rotatable bonds is 6. The minimum absolute atomic E-state index is 0.00474. The predicted octanol–water partition coefficient (Wildman–Crippen LogP) is 2.00. The van der Waals surface area contributed by atoms with Crippen molar-refractivity contribution in [1.29, 1.82) is 0 Å². The zero-order valence-electron chi connectivity index (χ0n) is 13.5. The molecule has 1 aromatic rings. The standard InChI is InChI=1S/C16H22N2O4/c1-5-13(20)18(11-6-7-11)8-12(19)14-9(2)15(16(21)22-4)17-10(14)3/h11,17H,5-8H2,1-4H3. The van der Waals surface area contributed by atoms with Crippen LogP contribution in [0.5, 0.6) is 0 Å². The Bertz CT molecular complexity index is 614. The number of hydrogen-bond donors (Lipinski definition) is 1. The highest BCUT2D eigenvalue weighted by Gasteiger charge is 2.34. The van der Waals surface area contributed by atoms with E-state index in [1.54, 1.807) is 25.7 Å². The first-order valence-electron chi connectivity index (χ1n) is 7.50. The Balaban J connectivity index is 2.24. The summed E-state index contributed by atoms with van der Waals surface area (Å²) in [6, 6.07) is 0.191. The molecule has 0 radical (unpaired) electrons. The van der Waals surface area contributed by atoms with Crippen molar-refractivity contribution in [1.82, 2.24) is 9.88 Å². The van der Waals surface area contributed by atoms with Gasteiger partial charge in [0, 0.05) is 23.7 Å². The van der Waals surface area contributed by atoms with Gasteiger partial charge in [0.1, 0.15) is 5.69 Å². The van der Waals surface area contributed by atoms with Gasteiger partial charge < -0.3 is 14.6 Å². The highest BCUT2D eigenvalue weighted by molar-refractivity contribution is 6.04. The van der Waals surface area contributed by atoms with E-state index in [9.17, 15) is 14.4 Å². The van der Waals surface area contributed by atoms with Crippen LogP contribution in [0.4, 0.5) is 0 Å². The van der Waals surface area contributed by atoms with Gasteiger partial charge in [-0.15, -0.1) is 0 Å². The molecule has 120 valence electrons. The van der Waals surface area contributed by atoms with Crippen LogP contribution in [-0.4, -0.2) is 47.2 Å². The van der Waals surface area contributed by atoms with Gasteiger partial charge in [-0.2, -0.15) is 0 Å². The molecule has 0 aromatic carbocycles. The fraction of sp³-hybridized carbons (Fsp3) is 0.562. The molecule has 1 N–H and O–H groups in total. The molecule has 0 atom stereocenters. The van der Waals surface area contributed by atoms with Crippen molar-refractivity contribution in [2.24, 2.45) is 0 Å². The molecule has 1 aromatic heterocycles. The number of ether oxygens (including phenoxy) is 1. The number of esters is 1. The van der Waals surface area contributed by atoms with Gasteiger partial charge in [0.25, 0.3) is 0 Å². The van der Waals surface area contributed by atoms with Crippen molar-refractivity contribution in [3.8, 4) is 0 Å².